The van der Waals surface area contributed by atoms with Crippen molar-refractivity contribution in [2.45, 2.75) is 27.7 Å². The van der Waals surface area contributed by atoms with E-state index in [2.05, 4.69) is 39.7 Å². The number of nitrogens with one attached hydrogen (secondary N) is 3. The monoisotopic (exact) mass is 303 g/mol. The van der Waals surface area contributed by atoms with Gasteiger partial charge in [0.2, 0.25) is 5.88 Å². The average molecular weight is 303 g/mol. The summed E-state index contributed by atoms with van der Waals surface area (Å²) >= 11 is 0. The van der Waals surface area contributed by atoms with Gasteiger partial charge in [-0.25, -0.2) is 9.78 Å². The second-order valence-corrected chi connectivity index (χ2v) is 5.48. The molecular formula is C15H21N5O2. The largest absolute Gasteiger partial charge is 0.477 e. The lowest BCUT2D eigenvalue weighted by molar-refractivity contribution is 0.260. The number of aromatic nitrogens is 3. The number of H-pyrrole nitrogens is 1. The topological polar surface area (TPSA) is 91.9 Å². The van der Waals surface area contributed by atoms with Gasteiger partial charge >= 0.3 is 6.03 Å². The first-order chi connectivity index (χ1) is 10.5. The van der Waals surface area contributed by atoms with E-state index in [1.165, 1.54) is 0 Å². The molecule has 2 aromatic heterocycles. The van der Waals surface area contributed by atoms with Crippen molar-refractivity contribution in [1.82, 2.24) is 15.2 Å². The van der Waals surface area contributed by atoms with Gasteiger partial charge in [0.15, 0.2) is 0 Å². The summed E-state index contributed by atoms with van der Waals surface area (Å²) in [6, 6.07) is 3.13. The summed E-state index contributed by atoms with van der Waals surface area (Å²) in [5.41, 5.74) is 2.82. The number of urea groups is 1. The Morgan fingerprint density at radius 3 is 2.64 bits per heavy atom. The van der Waals surface area contributed by atoms with Crippen LogP contribution in [0, 0.1) is 19.8 Å². The van der Waals surface area contributed by atoms with Crippen molar-refractivity contribution in [1.29, 1.82) is 0 Å². The lowest BCUT2D eigenvalue weighted by atomic mass is 10.2. The van der Waals surface area contributed by atoms with Crippen LogP contribution in [-0.4, -0.2) is 27.8 Å². The summed E-state index contributed by atoms with van der Waals surface area (Å²) in [6.07, 6.45) is 1.56. The normalized spacial score (nSPS) is 10.6. The summed E-state index contributed by atoms with van der Waals surface area (Å²) in [5, 5.41) is 12.3. The third-order valence-corrected chi connectivity index (χ3v) is 2.93. The summed E-state index contributed by atoms with van der Waals surface area (Å²) < 4.78 is 5.49. The van der Waals surface area contributed by atoms with E-state index in [1.807, 2.05) is 13.8 Å². The van der Waals surface area contributed by atoms with E-state index in [0.717, 1.165) is 11.4 Å². The van der Waals surface area contributed by atoms with Crippen molar-refractivity contribution in [3.05, 3.63) is 29.7 Å². The number of ether oxygens (including phenoxy) is 1. The van der Waals surface area contributed by atoms with Crippen molar-refractivity contribution >= 4 is 17.4 Å². The van der Waals surface area contributed by atoms with Gasteiger partial charge in [-0.2, -0.15) is 5.10 Å². The number of aryl methyl sites for hydroxylation is 2. The Labute approximate surface area is 129 Å². The molecule has 7 heteroatoms. The predicted molar refractivity (Wildman–Crippen MR) is 85.3 cm³/mol. The first kappa shape index (κ1) is 15.8. The lowest BCUT2D eigenvalue weighted by Gasteiger charge is -2.09. The Morgan fingerprint density at radius 2 is 2.09 bits per heavy atom. The molecule has 0 fully saturated rings. The molecule has 2 amide bonds. The number of pyridine rings is 1. The highest BCUT2D eigenvalue weighted by Gasteiger charge is 2.10. The zero-order chi connectivity index (χ0) is 16.1. The molecule has 3 N–H and O–H groups in total. The maximum Gasteiger partial charge on any atom is 0.323 e. The molecule has 0 aliphatic carbocycles. The third kappa shape index (κ3) is 4.21. The zero-order valence-electron chi connectivity index (χ0n) is 13.2. The van der Waals surface area contributed by atoms with Crippen LogP contribution < -0.4 is 15.4 Å². The van der Waals surface area contributed by atoms with Crippen molar-refractivity contribution in [2.75, 3.05) is 17.2 Å². The van der Waals surface area contributed by atoms with Crippen molar-refractivity contribution in [3.8, 4) is 5.88 Å². The second kappa shape index (κ2) is 6.93. The molecule has 2 aromatic rings. The molecule has 118 valence electrons. The van der Waals surface area contributed by atoms with E-state index in [0.29, 0.717) is 29.8 Å². The second-order valence-electron chi connectivity index (χ2n) is 5.48. The molecule has 0 atom stereocenters. The molecule has 0 saturated heterocycles. The van der Waals surface area contributed by atoms with Crippen molar-refractivity contribution in [2.24, 2.45) is 5.92 Å². The number of hydrogen-bond acceptors (Lipinski definition) is 4. The van der Waals surface area contributed by atoms with E-state index in [1.54, 1.807) is 18.3 Å². The molecule has 0 aromatic carbocycles. The molecule has 2 rings (SSSR count). The van der Waals surface area contributed by atoms with Crippen LogP contribution in [0.15, 0.2) is 18.3 Å². The Balaban J connectivity index is 1.92. The smallest absolute Gasteiger partial charge is 0.323 e. The first-order valence-corrected chi connectivity index (χ1v) is 7.14. The van der Waals surface area contributed by atoms with Gasteiger partial charge in [0.1, 0.15) is 0 Å². The molecule has 7 nitrogen and oxygen atoms in total. The summed E-state index contributed by atoms with van der Waals surface area (Å²) in [7, 11) is 0. The molecule has 0 aliphatic heterocycles. The Bertz CT molecular complexity index is 614. The summed E-state index contributed by atoms with van der Waals surface area (Å²) in [6.45, 7) is 8.42. The zero-order valence-corrected chi connectivity index (χ0v) is 13.2. The molecule has 0 aliphatic rings. The van der Waals surface area contributed by atoms with E-state index in [4.69, 9.17) is 4.74 Å². The fourth-order valence-electron chi connectivity index (χ4n) is 1.80. The number of carbonyl (C=O) groups excluding carboxylic acids is 1. The number of amides is 2. The van der Waals surface area contributed by atoms with Crippen molar-refractivity contribution in [3.63, 3.8) is 0 Å². The summed E-state index contributed by atoms with van der Waals surface area (Å²) in [4.78, 5) is 16.1. The van der Waals surface area contributed by atoms with Crippen LogP contribution in [0.5, 0.6) is 5.88 Å². The number of nitrogens with zero attached hydrogens (tertiary/aromatic N) is 2. The number of rotatable bonds is 5. The Morgan fingerprint density at radius 1 is 1.32 bits per heavy atom. The van der Waals surface area contributed by atoms with Crippen LogP contribution in [0.3, 0.4) is 0 Å². The molecule has 0 bridgehead atoms. The first-order valence-electron chi connectivity index (χ1n) is 7.14. The average Bonchev–Trinajstić information content (AvgIpc) is 2.78. The van der Waals surface area contributed by atoms with Crippen LogP contribution >= 0.6 is 0 Å². The van der Waals surface area contributed by atoms with Gasteiger partial charge < -0.3 is 15.4 Å². The SMILES string of the molecule is Cc1n[nH]c(C)c1NC(=O)Nc1ccc(OCC(C)C)nc1. The molecule has 0 radical (unpaired) electrons. The Hall–Kier alpha value is -2.57. The van der Waals surface area contributed by atoms with Gasteiger partial charge in [0.25, 0.3) is 0 Å². The van der Waals surface area contributed by atoms with Gasteiger partial charge in [0.05, 0.1) is 35.6 Å². The lowest BCUT2D eigenvalue weighted by Crippen LogP contribution is -2.20. The Kier molecular flexibility index (Phi) is 4.98. The highest BCUT2D eigenvalue weighted by Crippen LogP contribution is 2.17. The third-order valence-electron chi connectivity index (χ3n) is 2.93. The van der Waals surface area contributed by atoms with Gasteiger partial charge in [0, 0.05) is 6.07 Å². The minimum absolute atomic E-state index is 0.342. The quantitative estimate of drug-likeness (QED) is 0.791. The maximum atomic E-state index is 12.0. The van der Waals surface area contributed by atoms with Gasteiger partial charge in [-0.3, -0.25) is 5.10 Å². The molecule has 0 saturated carbocycles. The minimum atomic E-state index is -0.342. The maximum absolute atomic E-state index is 12.0. The van der Waals surface area contributed by atoms with E-state index in [9.17, 15) is 4.79 Å². The number of carbonyl (C=O) groups is 1. The van der Waals surface area contributed by atoms with Crippen LogP contribution in [0.4, 0.5) is 16.2 Å². The summed E-state index contributed by atoms with van der Waals surface area (Å²) in [5.74, 6) is 0.980. The molecule has 2 heterocycles. The van der Waals surface area contributed by atoms with Gasteiger partial charge in [-0.05, 0) is 25.8 Å². The molecule has 0 unspecified atom stereocenters. The number of hydrogen-bond donors (Lipinski definition) is 3. The molecular weight excluding hydrogens is 282 g/mol. The van der Waals surface area contributed by atoms with Crippen LogP contribution in [0.1, 0.15) is 25.2 Å². The standard InChI is InChI=1S/C15H21N5O2/c1-9(2)8-22-13-6-5-12(7-16-13)17-15(21)18-14-10(3)19-20-11(14)4/h5-7,9H,8H2,1-4H3,(H,19,20)(H2,17,18,21). The molecule has 22 heavy (non-hydrogen) atoms. The highest BCUT2D eigenvalue weighted by molar-refractivity contribution is 6.00. The van der Waals surface area contributed by atoms with Gasteiger partial charge in [-0.15, -0.1) is 0 Å². The van der Waals surface area contributed by atoms with Gasteiger partial charge in [-0.1, -0.05) is 13.8 Å². The van der Waals surface area contributed by atoms with Crippen molar-refractivity contribution < 1.29 is 9.53 Å². The predicted octanol–water partition coefficient (Wildman–Crippen LogP) is 3.10. The number of aromatic amines is 1. The fourth-order valence-corrected chi connectivity index (χ4v) is 1.80. The minimum Gasteiger partial charge on any atom is -0.477 e. The fraction of sp³-hybridized carbons (Fsp3) is 0.400. The van der Waals surface area contributed by atoms with E-state index < -0.39 is 0 Å². The van der Waals surface area contributed by atoms with E-state index >= 15 is 0 Å². The highest BCUT2D eigenvalue weighted by atomic mass is 16.5. The van der Waals surface area contributed by atoms with Crippen LogP contribution in [0.2, 0.25) is 0 Å². The van der Waals surface area contributed by atoms with E-state index in [-0.39, 0.29) is 6.03 Å². The number of anilines is 2. The molecule has 0 spiro atoms. The van der Waals surface area contributed by atoms with Crippen LogP contribution in [-0.2, 0) is 0 Å². The van der Waals surface area contributed by atoms with Crippen LogP contribution in [0.25, 0.3) is 0 Å².